The zero-order valence-corrected chi connectivity index (χ0v) is 18.1. The molecule has 7 heteroatoms. The summed E-state index contributed by atoms with van der Waals surface area (Å²) in [4.78, 5) is 17.6. The molecule has 0 N–H and O–H groups in total. The van der Waals surface area contributed by atoms with Gasteiger partial charge in [-0.05, 0) is 43.0 Å². The van der Waals surface area contributed by atoms with E-state index in [1.807, 2.05) is 23.1 Å². The highest BCUT2D eigenvalue weighted by molar-refractivity contribution is 7.89. The number of hydrogen-bond donors (Lipinski definition) is 0. The smallest absolute Gasteiger partial charge is 0.253 e. The van der Waals surface area contributed by atoms with E-state index in [1.165, 1.54) is 9.87 Å². The molecule has 0 radical (unpaired) electrons. The molecule has 0 saturated carbocycles. The highest BCUT2D eigenvalue weighted by Gasteiger charge is 2.28. The van der Waals surface area contributed by atoms with Gasteiger partial charge in [-0.2, -0.15) is 4.31 Å². The fourth-order valence-electron chi connectivity index (χ4n) is 4.22. The molecule has 4 rings (SSSR count). The Bertz CT molecular complexity index is 972. The summed E-state index contributed by atoms with van der Waals surface area (Å²) in [5.74, 6) is -0.0879. The zero-order chi connectivity index (χ0) is 21.0. The van der Waals surface area contributed by atoms with Gasteiger partial charge in [0.15, 0.2) is 0 Å². The maximum Gasteiger partial charge on any atom is 0.253 e. The normalized spacial score (nSPS) is 19.0. The Hall–Kier alpha value is -2.22. The van der Waals surface area contributed by atoms with E-state index in [2.05, 4.69) is 17.0 Å². The first kappa shape index (κ1) is 21.0. The van der Waals surface area contributed by atoms with Gasteiger partial charge in [-0.3, -0.25) is 9.69 Å². The third kappa shape index (κ3) is 4.74. The molecule has 2 heterocycles. The van der Waals surface area contributed by atoms with Crippen LogP contribution in [0, 0.1) is 0 Å². The summed E-state index contributed by atoms with van der Waals surface area (Å²) < 4.78 is 27.2. The summed E-state index contributed by atoms with van der Waals surface area (Å²) in [5, 5.41) is 0. The highest BCUT2D eigenvalue weighted by atomic mass is 32.2. The molecule has 2 saturated heterocycles. The van der Waals surface area contributed by atoms with Crippen molar-refractivity contribution in [2.45, 2.75) is 30.7 Å². The largest absolute Gasteiger partial charge is 0.337 e. The second kappa shape index (κ2) is 9.29. The minimum atomic E-state index is -3.52. The number of benzene rings is 2. The quantitative estimate of drug-likeness (QED) is 0.736. The number of carbonyl (C=O) groups excluding carboxylic acids is 1. The van der Waals surface area contributed by atoms with E-state index >= 15 is 0 Å². The molecule has 160 valence electrons. The molecule has 2 aromatic rings. The van der Waals surface area contributed by atoms with Gasteiger partial charge < -0.3 is 4.90 Å². The molecule has 0 atom stereocenters. The van der Waals surface area contributed by atoms with Crippen LogP contribution in [0.5, 0.6) is 0 Å². The SMILES string of the molecule is O=C(c1cccc(S(=O)(=O)N2CCCC2)c1)N1CCCN(Cc2ccccc2)CC1. The predicted octanol–water partition coefficient (Wildman–Crippen LogP) is 2.82. The van der Waals surface area contributed by atoms with Gasteiger partial charge in [0, 0.05) is 51.4 Å². The Morgan fingerprint density at radius 1 is 0.800 bits per heavy atom. The lowest BCUT2D eigenvalue weighted by atomic mass is 10.2. The van der Waals surface area contributed by atoms with Crippen molar-refractivity contribution in [2.24, 2.45) is 0 Å². The minimum Gasteiger partial charge on any atom is -0.337 e. The number of sulfonamides is 1. The van der Waals surface area contributed by atoms with Crippen LogP contribution in [0.25, 0.3) is 0 Å². The molecule has 30 heavy (non-hydrogen) atoms. The Kier molecular flexibility index (Phi) is 6.51. The van der Waals surface area contributed by atoms with Crippen molar-refractivity contribution in [1.29, 1.82) is 0 Å². The monoisotopic (exact) mass is 427 g/mol. The van der Waals surface area contributed by atoms with Crippen LogP contribution in [0.15, 0.2) is 59.5 Å². The molecular weight excluding hydrogens is 398 g/mol. The van der Waals surface area contributed by atoms with Gasteiger partial charge in [-0.15, -0.1) is 0 Å². The van der Waals surface area contributed by atoms with Crippen molar-refractivity contribution < 1.29 is 13.2 Å². The average molecular weight is 428 g/mol. The van der Waals surface area contributed by atoms with Crippen molar-refractivity contribution in [3.05, 3.63) is 65.7 Å². The Labute approximate surface area is 179 Å². The van der Waals surface area contributed by atoms with Crippen LogP contribution in [0.2, 0.25) is 0 Å². The van der Waals surface area contributed by atoms with E-state index in [1.54, 1.807) is 24.3 Å². The van der Waals surface area contributed by atoms with E-state index in [-0.39, 0.29) is 10.8 Å². The summed E-state index contributed by atoms with van der Waals surface area (Å²) in [5.41, 5.74) is 1.73. The third-order valence-corrected chi connectivity index (χ3v) is 7.80. The second-order valence-corrected chi connectivity index (χ2v) is 9.98. The van der Waals surface area contributed by atoms with Gasteiger partial charge in [-0.25, -0.2) is 8.42 Å². The molecule has 0 aromatic heterocycles. The number of rotatable bonds is 5. The molecule has 2 aliphatic rings. The molecule has 2 aliphatic heterocycles. The van der Waals surface area contributed by atoms with Crippen molar-refractivity contribution in [3.8, 4) is 0 Å². The van der Waals surface area contributed by atoms with Crippen LogP contribution >= 0.6 is 0 Å². The van der Waals surface area contributed by atoms with E-state index in [0.29, 0.717) is 31.7 Å². The van der Waals surface area contributed by atoms with Gasteiger partial charge in [0.2, 0.25) is 10.0 Å². The molecule has 0 aliphatic carbocycles. The van der Waals surface area contributed by atoms with E-state index < -0.39 is 10.0 Å². The molecule has 1 amide bonds. The van der Waals surface area contributed by atoms with Crippen LogP contribution in [-0.2, 0) is 16.6 Å². The lowest BCUT2D eigenvalue weighted by molar-refractivity contribution is 0.0761. The Balaban J connectivity index is 1.43. The number of nitrogens with zero attached hydrogens (tertiary/aromatic N) is 3. The summed E-state index contributed by atoms with van der Waals surface area (Å²) in [6.45, 7) is 5.09. The first-order chi connectivity index (χ1) is 14.5. The van der Waals surface area contributed by atoms with Gasteiger partial charge in [0.1, 0.15) is 0 Å². The molecule has 0 bridgehead atoms. The topological polar surface area (TPSA) is 60.9 Å². The molecule has 2 aromatic carbocycles. The zero-order valence-electron chi connectivity index (χ0n) is 17.2. The van der Waals surface area contributed by atoms with E-state index in [9.17, 15) is 13.2 Å². The number of carbonyl (C=O) groups is 1. The van der Waals surface area contributed by atoms with Gasteiger partial charge >= 0.3 is 0 Å². The second-order valence-electron chi connectivity index (χ2n) is 8.05. The van der Waals surface area contributed by atoms with Crippen LogP contribution < -0.4 is 0 Å². The summed E-state index contributed by atoms with van der Waals surface area (Å²) in [6.07, 6.45) is 2.70. The predicted molar refractivity (Wildman–Crippen MR) is 117 cm³/mol. The van der Waals surface area contributed by atoms with Crippen LogP contribution in [0.3, 0.4) is 0 Å². The Morgan fingerprint density at radius 3 is 2.33 bits per heavy atom. The van der Waals surface area contributed by atoms with Crippen molar-refractivity contribution >= 4 is 15.9 Å². The molecule has 2 fully saturated rings. The first-order valence-corrected chi connectivity index (χ1v) is 12.1. The van der Waals surface area contributed by atoms with Crippen LogP contribution in [-0.4, -0.2) is 67.7 Å². The lowest BCUT2D eigenvalue weighted by Crippen LogP contribution is -2.35. The standard InChI is InChI=1S/C23H29N3O3S/c27-23(21-10-6-11-22(18-21)30(28,29)26-14-4-5-15-26)25-13-7-12-24(16-17-25)19-20-8-2-1-3-9-20/h1-3,6,8-11,18H,4-5,7,12-17,19H2. The van der Waals surface area contributed by atoms with Gasteiger partial charge in [0.25, 0.3) is 5.91 Å². The minimum absolute atomic E-state index is 0.0879. The Morgan fingerprint density at radius 2 is 1.57 bits per heavy atom. The van der Waals surface area contributed by atoms with Crippen LogP contribution in [0.4, 0.5) is 0 Å². The molecule has 0 spiro atoms. The molecule has 0 unspecified atom stereocenters. The summed E-state index contributed by atoms with van der Waals surface area (Å²) in [7, 11) is -3.52. The van der Waals surface area contributed by atoms with Gasteiger partial charge in [-0.1, -0.05) is 36.4 Å². The van der Waals surface area contributed by atoms with Crippen molar-refractivity contribution in [1.82, 2.24) is 14.1 Å². The number of amides is 1. The fourth-order valence-corrected chi connectivity index (χ4v) is 5.79. The van der Waals surface area contributed by atoms with E-state index in [4.69, 9.17) is 0 Å². The average Bonchev–Trinajstić information content (AvgIpc) is 3.23. The van der Waals surface area contributed by atoms with Crippen LogP contribution in [0.1, 0.15) is 35.2 Å². The summed E-state index contributed by atoms with van der Waals surface area (Å²) >= 11 is 0. The lowest BCUT2D eigenvalue weighted by Gasteiger charge is -2.22. The third-order valence-electron chi connectivity index (χ3n) is 5.91. The first-order valence-electron chi connectivity index (χ1n) is 10.7. The van der Waals surface area contributed by atoms with Crippen molar-refractivity contribution in [3.63, 3.8) is 0 Å². The van der Waals surface area contributed by atoms with E-state index in [0.717, 1.165) is 38.9 Å². The maximum absolute atomic E-state index is 13.1. The summed E-state index contributed by atoms with van der Waals surface area (Å²) in [6, 6.07) is 16.9. The van der Waals surface area contributed by atoms with Gasteiger partial charge in [0.05, 0.1) is 4.90 Å². The maximum atomic E-state index is 13.1. The number of hydrogen-bond acceptors (Lipinski definition) is 4. The fraction of sp³-hybridized carbons (Fsp3) is 0.435. The molecule has 6 nitrogen and oxygen atoms in total. The highest BCUT2D eigenvalue weighted by Crippen LogP contribution is 2.22. The molecular formula is C23H29N3O3S. The van der Waals surface area contributed by atoms with Crippen molar-refractivity contribution in [2.75, 3.05) is 39.3 Å².